The van der Waals surface area contributed by atoms with Crippen molar-refractivity contribution in [1.29, 1.82) is 0 Å². The number of hydrogen-bond acceptors (Lipinski definition) is 4. The average Bonchev–Trinajstić information content (AvgIpc) is 2.43. The first-order valence-corrected chi connectivity index (χ1v) is 6.08. The molecule has 0 spiro atoms. The number of aromatic nitrogens is 1. The van der Waals surface area contributed by atoms with Crippen LogP contribution in [0.3, 0.4) is 0 Å². The summed E-state index contributed by atoms with van der Waals surface area (Å²) in [7, 11) is 1.56. The van der Waals surface area contributed by atoms with Crippen LogP contribution in [0.15, 0.2) is 0 Å². The molecule has 1 heterocycles. The van der Waals surface area contributed by atoms with Crippen molar-refractivity contribution in [2.45, 2.75) is 12.8 Å². The van der Waals surface area contributed by atoms with Crippen molar-refractivity contribution in [2.24, 2.45) is 0 Å². The van der Waals surface area contributed by atoms with E-state index < -0.39 is 29.2 Å². The van der Waals surface area contributed by atoms with Gasteiger partial charge in [-0.2, -0.15) is 22.5 Å². The van der Waals surface area contributed by atoms with Gasteiger partial charge in [0.2, 0.25) is 11.6 Å². The van der Waals surface area contributed by atoms with Gasteiger partial charge in [-0.1, -0.05) is 0 Å². The topological polar surface area (TPSA) is 43.4 Å². The van der Waals surface area contributed by atoms with Crippen LogP contribution >= 0.6 is 0 Å². The highest BCUT2D eigenvalue weighted by Gasteiger charge is 2.19. The van der Waals surface area contributed by atoms with E-state index in [1.54, 1.807) is 7.11 Å². The first-order chi connectivity index (χ1) is 9.57. The number of nitrogens with one attached hydrogen (secondary N) is 1. The first kappa shape index (κ1) is 16.6. The van der Waals surface area contributed by atoms with Crippen LogP contribution in [0, 0.1) is 23.5 Å². The first-order valence-electron chi connectivity index (χ1n) is 6.08. The third kappa shape index (κ3) is 4.93. The van der Waals surface area contributed by atoms with Gasteiger partial charge in [0.1, 0.15) is 5.69 Å². The summed E-state index contributed by atoms with van der Waals surface area (Å²) in [6.07, 6.45) is 1.16. The minimum absolute atomic E-state index is 0.157. The summed E-state index contributed by atoms with van der Waals surface area (Å²) < 4.78 is 62.0. The quantitative estimate of drug-likeness (QED) is 0.432. The Morgan fingerprint density at radius 2 is 1.60 bits per heavy atom. The Labute approximate surface area is 114 Å². The maximum atomic E-state index is 13.2. The fraction of sp³-hybridized carbons (Fsp3) is 0.583. The molecule has 1 aromatic heterocycles. The van der Waals surface area contributed by atoms with Gasteiger partial charge in [-0.3, -0.25) is 0 Å². The van der Waals surface area contributed by atoms with Crippen molar-refractivity contribution >= 4 is 5.69 Å². The van der Waals surface area contributed by atoms with Gasteiger partial charge in [0.05, 0.1) is 13.2 Å². The standard InChI is InChI=1S/C12H16F4N2O2/c1-19-6-7-20-5-3-2-4-17-10-8(13)11(15)18-12(16)9(10)14/h2-7H2,1H3,(H,17,18). The number of pyridine rings is 1. The van der Waals surface area contributed by atoms with E-state index >= 15 is 0 Å². The fourth-order valence-corrected chi connectivity index (χ4v) is 1.43. The van der Waals surface area contributed by atoms with Crippen molar-refractivity contribution in [3.63, 3.8) is 0 Å². The van der Waals surface area contributed by atoms with Gasteiger partial charge in [0.25, 0.3) is 11.9 Å². The lowest BCUT2D eigenvalue weighted by atomic mass is 10.3. The predicted octanol–water partition coefficient (Wildman–Crippen LogP) is 2.49. The Hall–Kier alpha value is -1.41. The van der Waals surface area contributed by atoms with E-state index in [2.05, 4.69) is 10.3 Å². The van der Waals surface area contributed by atoms with Crippen LogP contribution < -0.4 is 5.32 Å². The van der Waals surface area contributed by atoms with E-state index in [4.69, 9.17) is 9.47 Å². The summed E-state index contributed by atoms with van der Waals surface area (Å²) in [4.78, 5) is 2.46. The molecule has 0 aliphatic heterocycles. The molecule has 0 aliphatic carbocycles. The normalized spacial score (nSPS) is 10.8. The van der Waals surface area contributed by atoms with Crippen LogP contribution in [0.1, 0.15) is 12.8 Å². The molecule has 0 atom stereocenters. The monoisotopic (exact) mass is 296 g/mol. The van der Waals surface area contributed by atoms with Crippen molar-refractivity contribution in [2.75, 3.05) is 38.8 Å². The largest absolute Gasteiger partial charge is 0.382 e. The SMILES string of the molecule is COCCOCCCCNc1c(F)c(F)nc(F)c1F. The summed E-state index contributed by atoms with van der Waals surface area (Å²) in [5.74, 6) is -6.40. The maximum absolute atomic E-state index is 13.2. The van der Waals surface area contributed by atoms with Gasteiger partial charge in [0.15, 0.2) is 0 Å². The van der Waals surface area contributed by atoms with Crippen LogP contribution in [0.4, 0.5) is 23.2 Å². The van der Waals surface area contributed by atoms with E-state index in [0.29, 0.717) is 32.7 Å². The fourth-order valence-electron chi connectivity index (χ4n) is 1.43. The molecule has 0 aromatic carbocycles. The van der Waals surface area contributed by atoms with Crippen LogP contribution in [0.25, 0.3) is 0 Å². The molecule has 0 bridgehead atoms. The number of ether oxygens (including phenoxy) is 2. The minimum atomic E-state index is -1.67. The van der Waals surface area contributed by atoms with Gasteiger partial charge < -0.3 is 14.8 Å². The average molecular weight is 296 g/mol. The van der Waals surface area contributed by atoms with Crippen molar-refractivity contribution in [3.05, 3.63) is 23.5 Å². The molecular weight excluding hydrogens is 280 g/mol. The van der Waals surface area contributed by atoms with E-state index in [0.717, 1.165) is 0 Å². The second-order valence-corrected chi connectivity index (χ2v) is 3.94. The molecule has 1 N–H and O–H groups in total. The lowest BCUT2D eigenvalue weighted by Crippen LogP contribution is -2.11. The molecule has 8 heteroatoms. The van der Waals surface area contributed by atoms with Gasteiger partial charge in [-0.05, 0) is 12.8 Å². The Morgan fingerprint density at radius 1 is 0.950 bits per heavy atom. The zero-order valence-electron chi connectivity index (χ0n) is 11.0. The van der Waals surface area contributed by atoms with Crippen LogP contribution in [-0.4, -0.2) is 38.5 Å². The highest BCUT2D eigenvalue weighted by atomic mass is 19.2. The third-order valence-corrected chi connectivity index (χ3v) is 2.45. The molecule has 1 rings (SSSR count). The number of methoxy groups -OCH3 is 1. The molecule has 0 fully saturated rings. The van der Waals surface area contributed by atoms with Gasteiger partial charge in [0, 0.05) is 20.3 Å². The molecule has 1 aromatic rings. The summed E-state index contributed by atoms with van der Waals surface area (Å²) >= 11 is 0. The smallest absolute Gasteiger partial charge is 0.253 e. The summed E-state index contributed by atoms with van der Waals surface area (Å²) in [6, 6.07) is 0. The van der Waals surface area contributed by atoms with Crippen molar-refractivity contribution in [1.82, 2.24) is 4.98 Å². The summed E-state index contributed by atoms with van der Waals surface area (Å²) in [6.45, 7) is 1.58. The number of nitrogens with zero attached hydrogens (tertiary/aromatic N) is 1. The number of halogens is 4. The second kappa shape index (κ2) is 8.70. The highest BCUT2D eigenvalue weighted by molar-refractivity contribution is 5.45. The van der Waals surface area contributed by atoms with Crippen LogP contribution in [0.2, 0.25) is 0 Å². The van der Waals surface area contributed by atoms with Crippen LogP contribution in [0.5, 0.6) is 0 Å². The van der Waals surface area contributed by atoms with E-state index in [1.165, 1.54) is 0 Å². The Balaban J connectivity index is 2.32. The Kier molecular flexibility index (Phi) is 7.24. The maximum Gasteiger partial charge on any atom is 0.253 e. The van der Waals surface area contributed by atoms with Gasteiger partial charge in [-0.15, -0.1) is 0 Å². The van der Waals surface area contributed by atoms with Gasteiger partial charge >= 0.3 is 0 Å². The molecule has 4 nitrogen and oxygen atoms in total. The lowest BCUT2D eigenvalue weighted by Gasteiger charge is -2.09. The second-order valence-electron chi connectivity index (χ2n) is 3.94. The third-order valence-electron chi connectivity index (χ3n) is 2.45. The minimum Gasteiger partial charge on any atom is -0.382 e. The van der Waals surface area contributed by atoms with Crippen molar-refractivity contribution in [3.8, 4) is 0 Å². The molecular formula is C12H16F4N2O2. The number of rotatable bonds is 9. The molecule has 0 aliphatic rings. The predicted molar refractivity (Wildman–Crippen MR) is 64.5 cm³/mol. The molecule has 0 saturated heterocycles. The molecule has 20 heavy (non-hydrogen) atoms. The highest BCUT2D eigenvalue weighted by Crippen LogP contribution is 2.21. The summed E-state index contributed by atoms with van der Waals surface area (Å²) in [5, 5.41) is 2.31. The lowest BCUT2D eigenvalue weighted by molar-refractivity contribution is 0.0691. The van der Waals surface area contributed by atoms with Crippen LogP contribution in [-0.2, 0) is 9.47 Å². The van der Waals surface area contributed by atoms with E-state index in [1.807, 2.05) is 0 Å². The molecule has 0 radical (unpaired) electrons. The number of hydrogen-bond donors (Lipinski definition) is 1. The van der Waals surface area contributed by atoms with Gasteiger partial charge in [-0.25, -0.2) is 0 Å². The van der Waals surface area contributed by atoms with Crippen molar-refractivity contribution < 1.29 is 27.0 Å². The zero-order valence-corrected chi connectivity index (χ0v) is 11.0. The Bertz CT molecular complexity index is 406. The Morgan fingerprint density at radius 3 is 2.20 bits per heavy atom. The zero-order chi connectivity index (χ0) is 15.0. The molecule has 114 valence electrons. The number of unbranched alkanes of at least 4 members (excludes halogenated alkanes) is 1. The van der Waals surface area contributed by atoms with E-state index in [-0.39, 0.29) is 6.54 Å². The van der Waals surface area contributed by atoms with E-state index in [9.17, 15) is 17.6 Å². The molecule has 0 saturated carbocycles. The number of anilines is 1. The summed E-state index contributed by atoms with van der Waals surface area (Å²) in [5.41, 5.74) is -0.838. The molecule has 0 unspecified atom stereocenters. The molecule has 0 amide bonds.